The van der Waals surface area contributed by atoms with Gasteiger partial charge in [-0.15, -0.1) is 0 Å². The zero-order chi connectivity index (χ0) is 20.6. The SMILES string of the molecule is CCn1cc(C(C)NC(=O)CCn2nc(C(F)(F)F)c(Cl)c2C2CC2)c(C)n1. The largest absolute Gasteiger partial charge is 0.436 e. The maximum absolute atomic E-state index is 13.1. The Balaban J connectivity index is 1.67. The third-order valence-electron chi connectivity index (χ3n) is 4.87. The van der Waals surface area contributed by atoms with Crippen molar-refractivity contribution in [1.29, 1.82) is 0 Å². The van der Waals surface area contributed by atoms with Crippen LogP contribution in [0.3, 0.4) is 0 Å². The van der Waals surface area contributed by atoms with Crippen molar-refractivity contribution in [1.82, 2.24) is 24.9 Å². The van der Waals surface area contributed by atoms with Crippen molar-refractivity contribution in [3.05, 3.63) is 33.9 Å². The summed E-state index contributed by atoms with van der Waals surface area (Å²) >= 11 is 5.95. The molecule has 1 fully saturated rings. The number of nitrogens with zero attached hydrogens (tertiary/aromatic N) is 4. The summed E-state index contributed by atoms with van der Waals surface area (Å²) in [4.78, 5) is 12.3. The van der Waals surface area contributed by atoms with E-state index in [2.05, 4.69) is 15.5 Å². The number of hydrogen-bond acceptors (Lipinski definition) is 3. The first-order valence-corrected chi connectivity index (χ1v) is 9.66. The van der Waals surface area contributed by atoms with Crippen molar-refractivity contribution in [2.45, 2.75) is 71.3 Å². The summed E-state index contributed by atoms with van der Waals surface area (Å²) in [5, 5.41) is 10.5. The standard InChI is InChI=1S/C18H23ClF3N5O/c1-4-26-9-13(11(3)24-26)10(2)23-14(28)7-8-27-16(12-5-6-12)15(19)17(25-27)18(20,21)22/h9-10,12H,4-8H2,1-3H3,(H,23,28). The second-order valence-corrected chi connectivity index (χ2v) is 7.49. The molecule has 1 atom stereocenters. The molecule has 3 rings (SSSR count). The van der Waals surface area contributed by atoms with Crippen LogP contribution in [0.25, 0.3) is 0 Å². The van der Waals surface area contributed by atoms with Crippen LogP contribution in [0.1, 0.15) is 67.7 Å². The maximum atomic E-state index is 13.1. The van der Waals surface area contributed by atoms with Gasteiger partial charge in [0.15, 0.2) is 5.69 Å². The Morgan fingerprint density at radius 2 is 2.07 bits per heavy atom. The van der Waals surface area contributed by atoms with Gasteiger partial charge in [-0.1, -0.05) is 11.6 Å². The van der Waals surface area contributed by atoms with Gasteiger partial charge in [-0.05, 0) is 33.6 Å². The molecule has 2 aromatic heterocycles. The highest BCUT2D eigenvalue weighted by molar-refractivity contribution is 6.32. The predicted molar refractivity (Wildman–Crippen MR) is 98.0 cm³/mol. The minimum absolute atomic E-state index is 0.0133. The summed E-state index contributed by atoms with van der Waals surface area (Å²) in [6.45, 7) is 6.47. The number of aromatic nitrogens is 4. The van der Waals surface area contributed by atoms with E-state index in [0.717, 1.165) is 30.6 Å². The van der Waals surface area contributed by atoms with Gasteiger partial charge in [0.25, 0.3) is 0 Å². The van der Waals surface area contributed by atoms with E-state index >= 15 is 0 Å². The molecular formula is C18H23ClF3N5O. The monoisotopic (exact) mass is 417 g/mol. The van der Waals surface area contributed by atoms with Gasteiger partial charge in [-0.25, -0.2) is 0 Å². The molecular weight excluding hydrogens is 395 g/mol. The molecule has 1 saturated carbocycles. The smallest absolute Gasteiger partial charge is 0.349 e. The van der Waals surface area contributed by atoms with Crippen molar-refractivity contribution >= 4 is 17.5 Å². The fraction of sp³-hybridized carbons (Fsp3) is 0.611. The molecule has 0 spiro atoms. The lowest BCUT2D eigenvalue weighted by atomic mass is 10.1. The van der Waals surface area contributed by atoms with Crippen LogP contribution >= 0.6 is 11.6 Å². The number of nitrogens with one attached hydrogen (secondary N) is 1. The Morgan fingerprint density at radius 3 is 2.61 bits per heavy atom. The number of aryl methyl sites for hydroxylation is 3. The lowest BCUT2D eigenvalue weighted by Crippen LogP contribution is -2.28. The highest BCUT2D eigenvalue weighted by Gasteiger charge is 2.42. The first kappa shape index (κ1) is 20.7. The Kier molecular flexibility index (Phi) is 5.74. The van der Waals surface area contributed by atoms with Crippen LogP contribution in [0.5, 0.6) is 0 Å². The number of amides is 1. The van der Waals surface area contributed by atoms with Crippen LogP contribution in [0.4, 0.5) is 13.2 Å². The van der Waals surface area contributed by atoms with E-state index in [1.807, 2.05) is 27.0 Å². The molecule has 0 aliphatic heterocycles. The summed E-state index contributed by atoms with van der Waals surface area (Å²) in [6, 6.07) is -0.248. The zero-order valence-electron chi connectivity index (χ0n) is 16.0. The average Bonchev–Trinajstić information content (AvgIpc) is 3.27. The normalized spacial score (nSPS) is 15.7. The van der Waals surface area contributed by atoms with E-state index < -0.39 is 11.9 Å². The van der Waals surface area contributed by atoms with Crippen molar-refractivity contribution in [3.8, 4) is 0 Å². The number of rotatable bonds is 7. The summed E-state index contributed by atoms with van der Waals surface area (Å²) < 4.78 is 42.4. The fourth-order valence-electron chi connectivity index (χ4n) is 3.27. The zero-order valence-corrected chi connectivity index (χ0v) is 16.7. The molecule has 1 N–H and O–H groups in total. The van der Waals surface area contributed by atoms with Crippen LogP contribution in [0, 0.1) is 6.92 Å². The van der Waals surface area contributed by atoms with Gasteiger partial charge in [0.2, 0.25) is 5.91 Å². The Morgan fingerprint density at radius 1 is 1.39 bits per heavy atom. The van der Waals surface area contributed by atoms with Gasteiger partial charge in [-0.2, -0.15) is 23.4 Å². The van der Waals surface area contributed by atoms with E-state index in [4.69, 9.17) is 11.6 Å². The topological polar surface area (TPSA) is 64.7 Å². The first-order chi connectivity index (χ1) is 13.1. The molecule has 2 aromatic rings. The van der Waals surface area contributed by atoms with E-state index in [-0.39, 0.29) is 35.9 Å². The number of alkyl halides is 3. The van der Waals surface area contributed by atoms with Crippen molar-refractivity contribution in [3.63, 3.8) is 0 Å². The number of carbonyl (C=O) groups excluding carboxylic acids is 1. The van der Waals surface area contributed by atoms with Crippen molar-refractivity contribution in [2.75, 3.05) is 0 Å². The van der Waals surface area contributed by atoms with Gasteiger partial charge in [0.05, 0.1) is 29.0 Å². The van der Waals surface area contributed by atoms with Gasteiger partial charge in [0.1, 0.15) is 0 Å². The molecule has 0 aromatic carbocycles. The molecule has 1 unspecified atom stereocenters. The van der Waals surface area contributed by atoms with Gasteiger partial charge >= 0.3 is 6.18 Å². The van der Waals surface area contributed by atoms with Crippen molar-refractivity contribution in [2.24, 2.45) is 0 Å². The molecule has 2 heterocycles. The van der Waals surface area contributed by atoms with E-state index in [1.54, 1.807) is 4.68 Å². The summed E-state index contributed by atoms with van der Waals surface area (Å²) in [5.41, 5.74) is 1.05. The van der Waals surface area contributed by atoms with E-state index in [9.17, 15) is 18.0 Å². The highest BCUT2D eigenvalue weighted by atomic mass is 35.5. The molecule has 1 amide bonds. The highest BCUT2D eigenvalue weighted by Crippen LogP contribution is 2.46. The fourth-order valence-corrected chi connectivity index (χ4v) is 3.67. The summed E-state index contributed by atoms with van der Waals surface area (Å²) in [6.07, 6.45) is -1.15. The third-order valence-corrected chi connectivity index (χ3v) is 5.24. The molecule has 0 radical (unpaired) electrons. The molecule has 1 aliphatic carbocycles. The Hall–Kier alpha value is -2.03. The number of carbonyl (C=O) groups is 1. The second-order valence-electron chi connectivity index (χ2n) is 7.11. The molecule has 1 aliphatic rings. The number of halogens is 4. The van der Waals surface area contributed by atoms with Crippen LogP contribution in [0.2, 0.25) is 5.02 Å². The molecule has 0 saturated heterocycles. The Bertz CT molecular complexity index is 869. The van der Waals surface area contributed by atoms with Gasteiger partial charge in [0, 0.05) is 30.6 Å². The molecule has 6 nitrogen and oxygen atoms in total. The average molecular weight is 418 g/mol. The lowest BCUT2D eigenvalue weighted by Gasteiger charge is -2.14. The van der Waals surface area contributed by atoms with Crippen LogP contribution in [0.15, 0.2) is 6.20 Å². The molecule has 154 valence electrons. The predicted octanol–water partition coefficient (Wildman–Crippen LogP) is 4.23. The van der Waals surface area contributed by atoms with Gasteiger partial charge in [-0.3, -0.25) is 14.2 Å². The van der Waals surface area contributed by atoms with Crippen LogP contribution in [-0.4, -0.2) is 25.5 Å². The minimum atomic E-state index is -4.61. The van der Waals surface area contributed by atoms with E-state index in [1.165, 1.54) is 4.68 Å². The molecule has 10 heteroatoms. The van der Waals surface area contributed by atoms with Crippen LogP contribution in [-0.2, 0) is 24.1 Å². The molecule has 28 heavy (non-hydrogen) atoms. The van der Waals surface area contributed by atoms with Gasteiger partial charge < -0.3 is 5.32 Å². The Labute approximate surface area is 166 Å². The molecule has 0 bridgehead atoms. The number of hydrogen-bond donors (Lipinski definition) is 1. The summed E-state index contributed by atoms with van der Waals surface area (Å²) in [7, 11) is 0. The van der Waals surface area contributed by atoms with E-state index in [0.29, 0.717) is 5.69 Å². The van der Waals surface area contributed by atoms with Crippen LogP contribution < -0.4 is 5.32 Å². The maximum Gasteiger partial charge on any atom is 0.436 e. The minimum Gasteiger partial charge on any atom is -0.349 e. The lowest BCUT2D eigenvalue weighted by molar-refractivity contribution is -0.141. The quantitative estimate of drug-likeness (QED) is 0.733. The first-order valence-electron chi connectivity index (χ1n) is 9.28. The third kappa shape index (κ3) is 4.34. The van der Waals surface area contributed by atoms with Crippen molar-refractivity contribution < 1.29 is 18.0 Å². The second kappa shape index (κ2) is 7.77. The summed E-state index contributed by atoms with van der Waals surface area (Å²) in [5.74, 6) is -0.279.